The summed E-state index contributed by atoms with van der Waals surface area (Å²) in [5, 5.41) is 7.28. The molecular formula is C16H20N4O3. The number of aryl methyl sites for hydroxylation is 1. The molecule has 2 aromatic rings. The lowest BCUT2D eigenvalue weighted by Gasteiger charge is -2.16. The smallest absolute Gasteiger partial charge is 0.414 e. The van der Waals surface area contributed by atoms with Gasteiger partial charge in [0.15, 0.2) is 5.82 Å². The van der Waals surface area contributed by atoms with Gasteiger partial charge in [-0.1, -0.05) is 18.1 Å². The van der Waals surface area contributed by atoms with Crippen LogP contribution in [0, 0.1) is 0 Å². The summed E-state index contributed by atoms with van der Waals surface area (Å²) in [6, 6.07) is 7.51. The van der Waals surface area contributed by atoms with Crippen molar-refractivity contribution in [1.82, 2.24) is 10.1 Å². The Kier molecular flexibility index (Phi) is 4.45. The van der Waals surface area contributed by atoms with Gasteiger partial charge in [0.05, 0.1) is 6.54 Å². The zero-order valence-electron chi connectivity index (χ0n) is 13.3. The number of nitrogens with zero attached hydrogens (tertiary/aromatic N) is 3. The van der Waals surface area contributed by atoms with E-state index in [0.29, 0.717) is 19.0 Å². The average Bonchev–Trinajstić information content (AvgIpc) is 3.17. The minimum absolute atomic E-state index is 0.117. The maximum absolute atomic E-state index is 11.6. The molecule has 23 heavy (non-hydrogen) atoms. The number of amides is 1. The maximum Gasteiger partial charge on any atom is 0.414 e. The van der Waals surface area contributed by atoms with Crippen LogP contribution in [0.15, 0.2) is 28.8 Å². The number of rotatable bonds is 6. The first-order chi connectivity index (χ1) is 11.2. The first-order valence-electron chi connectivity index (χ1n) is 7.80. The van der Waals surface area contributed by atoms with Gasteiger partial charge in [-0.05, 0) is 31.5 Å². The van der Waals surface area contributed by atoms with Crippen molar-refractivity contribution in [2.24, 2.45) is 0 Å². The lowest BCUT2D eigenvalue weighted by Crippen LogP contribution is -2.23. The van der Waals surface area contributed by atoms with E-state index < -0.39 is 0 Å². The van der Waals surface area contributed by atoms with Crippen molar-refractivity contribution in [1.29, 1.82) is 0 Å². The highest BCUT2D eigenvalue weighted by Crippen LogP contribution is 2.25. The van der Waals surface area contributed by atoms with Crippen LogP contribution in [-0.2, 0) is 11.2 Å². The van der Waals surface area contributed by atoms with Crippen LogP contribution in [0.1, 0.15) is 38.0 Å². The monoisotopic (exact) mass is 316 g/mol. The molecule has 1 aliphatic rings. The number of cyclic esters (lactones) is 1. The fraction of sp³-hybridized carbons (Fsp3) is 0.438. The molecule has 0 spiro atoms. The first kappa shape index (κ1) is 15.3. The van der Waals surface area contributed by atoms with E-state index in [4.69, 9.17) is 9.26 Å². The molecule has 7 nitrogen and oxygen atoms in total. The van der Waals surface area contributed by atoms with E-state index in [1.165, 1.54) is 0 Å². The van der Waals surface area contributed by atoms with Crippen molar-refractivity contribution in [2.45, 2.75) is 32.7 Å². The van der Waals surface area contributed by atoms with Gasteiger partial charge in [-0.15, -0.1) is 0 Å². The lowest BCUT2D eigenvalue weighted by atomic mass is 10.2. The number of carbonyl (C=O) groups excluding carboxylic acids is 1. The Hall–Kier alpha value is -2.57. The molecule has 0 radical (unpaired) electrons. The second-order valence-electron chi connectivity index (χ2n) is 5.48. The van der Waals surface area contributed by atoms with Gasteiger partial charge in [-0.3, -0.25) is 4.90 Å². The Labute approximate surface area is 134 Å². The fourth-order valence-corrected chi connectivity index (χ4v) is 2.47. The Morgan fingerprint density at radius 2 is 2.30 bits per heavy atom. The first-order valence-corrected chi connectivity index (χ1v) is 7.80. The van der Waals surface area contributed by atoms with E-state index in [1.54, 1.807) is 4.90 Å². The fourth-order valence-electron chi connectivity index (χ4n) is 2.47. The molecule has 1 aromatic heterocycles. The lowest BCUT2D eigenvalue weighted by molar-refractivity contribution is 0.181. The Morgan fingerprint density at radius 3 is 3.04 bits per heavy atom. The van der Waals surface area contributed by atoms with Crippen molar-refractivity contribution in [3.8, 4) is 0 Å². The van der Waals surface area contributed by atoms with Crippen LogP contribution in [0.25, 0.3) is 0 Å². The molecule has 1 amide bonds. The van der Waals surface area contributed by atoms with E-state index in [1.807, 2.05) is 31.2 Å². The molecule has 1 saturated heterocycles. The largest absolute Gasteiger partial charge is 0.447 e. The number of hydrogen-bond acceptors (Lipinski definition) is 6. The molecule has 0 aliphatic carbocycles. The quantitative estimate of drug-likeness (QED) is 0.881. The average molecular weight is 316 g/mol. The standard InChI is InChI=1S/C16H20N4O3/c1-3-5-14-18-15(23-19-14)11(2)17-12-6-4-7-13(10-12)20-8-9-22-16(20)21/h4,6-7,10-11,17H,3,5,8-9H2,1-2H3. The summed E-state index contributed by atoms with van der Waals surface area (Å²) in [6.07, 6.45) is 1.48. The third-order valence-electron chi connectivity index (χ3n) is 3.63. The van der Waals surface area contributed by atoms with Gasteiger partial charge in [0, 0.05) is 17.8 Å². The zero-order valence-corrected chi connectivity index (χ0v) is 13.3. The number of hydrogen-bond donors (Lipinski definition) is 1. The highest BCUT2D eigenvalue weighted by Gasteiger charge is 2.23. The van der Waals surface area contributed by atoms with E-state index in [2.05, 4.69) is 22.4 Å². The minimum atomic E-state index is -0.309. The second-order valence-corrected chi connectivity index (χ2v) is 5.48. The summed E-state index contributed by atoms with van der Waals surface area (Å²) in [6.45, 7) is 5.03. The van der Waals surface area contributed by atoms with Crippen LogP contribution in [0.3, 0.4) is 0 Å². The summed E-state index contributed by atoms with van der Waals surface area (Å²) < 4.78 is 10.3. The molecule has 1 aromatic carbocycles. The van der Waals surface area contributed by atoms with Crippen LogP contribution in [0.5, 0.6) is 0 Å². The van der Waals surface area contributed by atoms with Gasteiger partial charge < -0.3 is 14.6 Å². The van der Waals surface area contributed by atoms with Gasteiger partial charge in [0.1, 0.15) is 12.6 Å². The maximum atomic E-state index is 11.6. The molecule has 0 saturated carbocycles. The predicted molar refractivity (Wildman–Crippen MR) is 85.5 cm³/mol. The van der Waals surface area contributed by atoms with Crippen molar-refractivity contribution in [3.63, 3.8) is 0 Å². The van der Waals surface area contributed by atoms with Crippen molar-refractivity contribution >= 4 is 17.5 Å². The van der Waals surface area contributed by atoms with Gasteiger partial charge in [-0.25, -0.2) is 4.79 Å². The molecule has 1 unspecified atom stereocenters. The van der Waals surface area contributed by atoms with E-state index >= 15 is 0 Å². The number of nitrogens with one attached hydrogen (secondary N) is 1. The minimum Gasteiger partial charge on any atom is -0.447 e. The van der Waals surface area contributed by atoms with Crippen molar-refractivity contribution < 1.29 is 14.1 Å². The number of anilines is 2. The van der Waals surface area contributed by atoms with Gasteiger partial charge in [-0.2, -0.15) is 4.98 Å². The normalized spacial score (nSPS) is 15.6. The van der Waals surface area contributed by atoms with Crippen LogP contribution < -0.4 is 10.2 Å². The Balaban J connectivity index is 1.70. The van der Waals surface area contributed by atoms with Crippen LogP contribution in [0.2, 0.25) is 0 Å². The van der Waals surface area contributed by atoms with E-state index in [9.17, 15) is 4.79 Å². The Morgan fingerprint density at radius 1 is 1.43 bits per heavy atom. The third-order valence-corrected chi connectivity index (χ3v) is 3.63. The van der Waals surface area contributed by atoms with Crippen LogP contribution in [-0.4, -0.2) is 29.4 Å². The number of carbonyl (C=O) groups is 1. The molecule has 2 heterocycles. The van der Waals surface area contributed by atoms with Crippen LogP contribution in [0.4, 0.5) is 16.2 Å². The van der Waals surface area contributed by atoms with Gasteiger partial charge in [0.2, 0.25) is 5.89 Å². The highest BCUT2D eigenvalue weighted by molar-refractivity contribution is 5.89. The summed E-state index contributed by atoms with van der Waals surface area (Å²) >= 11 is 0. The van der Waals surface area contributed by atoms with Crippen molar-refractivity contribution in [3.05, 3.63) is 36.0 Å². The molecule has 122 valence electrons. The van der Waals surface area contributed by atoms with Gasteiger partial charge in [0.25, 0.3) is 0 Å². The highest BCUT2D eigenvalue weighted by atomic mass is 16.6. The molecule has 7 heteroatoms. The molecule has 1 N–H and O–H groups in total. The van der Waals surface area contributed by atoms with Gasteiger partial charge >= 0.3 is 6.09 Å². The summed E-state index contributed by atoms with van der Waals surface area (Å²) in [4.78, 5) is 17.6. The third kappa shape index (κ3) is 3.44. The molecule has 1 atom stereocenters. The molecule has 3 rings (SSSR count). The van der Waals surface area contributed by atoms with Crippen LogP contribution >= 0.6 is 0 Å². The topological polar surface area (TPSA) is 80.5 Å². The second kappa shape index (κ2) is 6.68. The summed E-state index contributed by atoms with van der Waals surface area (Å²) in [5.74, 6) is 1.28. The van der Waals surface area contributed by atoms with E-state index in [-0.39, 0.29) is 12.1 Å². The zero-order chi connectivity index (χ0) is 16.2. The Bertz CT molecular complexity index is 685. The summed E-state index contributed by atoms with van der Waals surface area (Å²) in [7, 11) is 0. The number of aromatic nitrogens is 2. The van der Waals surface area contributed by atoms with Crippen molar-refractivity contribution in [2.75, 3.05) is 23.4 Å². The number of benzene rings is 1. The van der Waals surface area contributed by atoms with E-state index in [0.717, 1.165) is 30.0 Å². The SMILES string of the molecule is CCCc1noc(C(C)Nc2cccc(N3CCOC3=O)c2)n1. The summed E-state index contributed by atoms with van der Waals surface area (Å²) in [5.41, 5.74) is 1.69. The molecular weight excluding hydrogens is 296 g/mol. The molecule has 0 bridgehead atoms. The molecule has 1 aliphatic heterocycles. The number of ether oxygens (including phenoxy) is 1. The molecule has 1 fully saturated rings. The predicted octanol–water partition coefficient (Wildman–Crippen LogP) is 3.15.